The molecule has 0 fully saturated rings. The highest BCUT2D eigenvalue weighted by Crippen LogP contribution is 2.56. The molecule has 0 aromatic heterocycles. The van der Waals surface area contributed by atoms with Crippen LogP contribution in [0.3, 0.4) is 0 Å². The maximum Gasteiger partial charge on any atom is 0.165 e. The summed E-state index contributed by atoms with van der Waals surface area (Å²) in [6, 6.07) is 22.9. The molecule has 0 radical (unpaired) electrons. The molecule has 0 saturated carbocycles. The minimum atomic E-state index is -0.0140. The first-order chi connectivity index (χ1) is 14.7. The molecule has 3 nitrogen and oxygen atoms in total. The minimum Gasteiger partial charge on any atom is -0.493 e. The van der Waals surface area contributed by atoms with Crippen LogP contribution in [0.5, 0.6) is 11.5 Å². The SMILES string of the molecule is COc1cccc([C@@H]2S[C@@H](CCC#N)c3ccccc3-c3ccc(Cl)cc32)c1OC. The number of nitrogens with zero attached hydrogens (tertiary/aromatic N) is 1. The Labute approximate surface area is 186 Å². The molecule has 152 valence electrons. The van der Waals surface area contributed by atoms with Crippen molar-refractivity contribution in [1.82, 2.24) is 0 Å². The zero-order chi connectivity index (χ0) is 21.1. The van der Waals surface area contributed by atoms with Crippen molar-refractivity contribution in [3.63, 3.8) is 0 Å². The van der Waals surface area contributed by atoms with Crippen LogP contribution in [0.2, 0.25) is 5.02 Å². The van der Waals surface area contributed by atoms with Gasteiger partial charge in [0.2, 0.25) is 0 Å². The van der Waals surface area contributed by atoms with E-state index in [2.05, 4.69) is 48.5 Å². The summed E-state index contributed by atoms with van der Waals surface area (Å²) in [6.45, 7) is 0. The maximum absolute atomic E-state index is 9.25. The first-order valence-corrected chi connectivity index (χ1v) is 11.1. The molecule has 1 heterocycles. The maximum atomic E-state index is 9.25. The van der Waals surface area contributed by atoms with Gasteiger partial charge in [-0.25, -0.2) is 0 Å². The normalized spacial score (nSPS) is 17.3. The van der Waals surface area contributed by atoms with Crippen molar-refractivity contribution >= 4 is 23.4 Å². The second-order valence-corrected chi connectivity index (χ2v) is 8.85. The van der Waals surface area contributed by atoms with Gasteiger partial charge in [0.25, 0.3) is 0 Å². The Hall–Kier alpha value is -2.61. The van der Waals surface area contributed by atoms with Gasteiger partial charge in [0, 0.05) is 22.3 Å². The van der Waals surface area contributed by atoms with E-state index >= 15 is 0 Å². The number of rotatable bonds is 5. The summed E-state index contributed by atoms with van der Waals surface area (Å²) in [7, 11) is 3.32. The number of thioether (sulfide) groups is 1. The first kappa shape index (κ1) is 20.7. The summed E-state index contributed by atoms with van der Waals surface area (Å²) in [5, 5.41) is 10.1. The van der Waals surface area contributed by atoms with Crippen LogP contribution < -0.4 is 9.47 Å². The van der Waals surface area contributed by atoms with Gasteiger partial charge in [-0.1, -0.05) is 54.1 Å². The summed E-state index contributed by atoms with van der Waals surface area (Å²) < 4.78 is 11.3. The summed E-state index contributed by atoms with van der Waals surface area (Å²) in [5.41, 5.74) is 5.80. The van der Waals surface area contributed by atoms with Crippen molar-refractivity contribution in [2.24, 2.45) is 0 Å². The van der Waals surface area contributed by atoms with E-state index < -0.39 is 0 Å². The Kier molecular flexibility index (Phi) is 6.22. The lowest BCUT2D eigenvalue weighted by Crippen LogP contribution is -2.04. The van der Waals surface area contributed by atoms with Gasteiger partial charge in [-0.2, -0.15) is 5.26 Å². The van der Waals surface area contributed by atoms with Gasteiger partial charge < -0.3 is 9.47 Å². The molecule has 0 saturated heterocycles. The number of ether oxygens (including phenoxy) is 2. The Bertz CT molecular complexity index is 1110. The Morgan fingerprint density at radius 1 is 0.933 bits per heavy atom. The molecule has 0 N–H and O–H groups in total. The minimum absolute atomic E-state index is 0.0140. The van der Waals surface area contributed by atoms with Crippen LogP contribution in [0.1, 0.15) is 40.0 Å². The molecule has 0 spiro atoms. The molecule has 2 atom stereocenters. The number of hydrogen-bond acceptors (Lipinski definition) is 4. The fourth-order valence-electron chi connectivity index (χ4n) is 4.11. The molecule has 0 amide bonds. The van der Waals surface area contributed by atoms with E-state index in [1.165, 1.54) is 11.1 Å². The lowest BCUT2D eigenvalue weighted by Gasteiger charge is -2.24. The van der Waals surface area contributed by atoms with Gasteiger partial charge >= 0.3 is 0 Å². The second kappa shape index (κ2) is 9.04. The Balaban J connectivity index is 1.96. The quantitative estimate of drug-likeness (QED) is 0.424. The van der Waals surface area contributed by atoms with Crippen LogP contribution >= 0.6 is 23.4 Å². The monoisotopic (exact) mass is 435 g/mol. The number of para-hydroxylation sites is 1. The summed E-state index contributed by atoms with van der Waals surface area (Å²) in [5.74, 6) is 1.43. The topological polar surface area (TPSA) is 42.2 Å². The Morgan fingerprint density at radius 3 is 2.47 bits per heavy atom. The van der Waals surface area contributed by atoms with E-state index in [0.29, 0.717) is 17.2 Å². The predicted octanol–water partition coefficient (Wildman–Crippen LogP) is 7.21. The molecular weight excluding hydrogens is 414 g/mol. The summed E-state index contributed by atoms with van der Waals surface area (Å²) >= 11 is 8.30. The van der Waals surface area contributed by atoms with Crippen molar-refractivity contribution in [3.05, 3.63) is 82.4 Å². The highest BCUT2D eigenvalue weighted by atomic mass is 35.5. The second-order valence-electron chi connectivity index (χ2n) is 7.10. The molecule has 4 rings (SSSR count). The predicted molar refractivity (Wildman–Crippen MR) is 123 cm³/mol. The average Bonchev–Trinajstić information content (AvgIpc) is 2.91. The molecule has 1 aliphatic heterocycles. The van der Waals surface area contributed by atoms with Crippen LogP contribution in [-0.4, -0.2) is 14.2 Å². The van der Waals surface area contributed by atoms with Gasteiger partial charge in [-0.05, 0) is 46.9 Å². The average molecular weight is 436 g/mol. The molecule has 0 unspecified atom stereocenters. The van der Waals surface area contributed by atoms with Crippen LogP contribution in [-0.2, 0) is 0 Å². The van der Waals surface area contributed by atoms with Crippen molar-refractivity contribution in [2.45, 2.75) is 23.3 Å². The third-order valence-electron chi connectivity index (χ3n) is 5.43. The number of hydrogen-bond donors (Lipinski definition) is 0. The molecule has 3 aromatic carbocycles. The van der Waals surface area contributed by atoms with Crippen LogP contribution in [0.15, 0.2) is 60.7 Å². The van der Waals surface area contributed by atoms with E-state index in [9.17, 15) is 5.26 Å². The fraction of sp³-hybridized carbons (Fsp3) is 0.240. The van der Waals surface area contributed by atoms with Crippen molar-refractivity contribution in [3.8, 4) is 28.7 Å². The van der Waals surface area contributed by atoms with E-state index in [1.807, 2.05) is 30.0 Å². The molecule has 30 heavy (non-hydrogen) atoms. The molecule has 5 heteroatoms. The lowest BCUT2D eigenvalue weighted by molar-refractivity contribution is 0.352. The standard InChI is InChI=1S/C25H22ClNO2S/c1-28-22-10-5-9-20(24(22)29-2)25-21-15-16(26)12-13-18(21)17-7-3-4-8-19(17)23(30-25)11-6-14-27/h3-5,7-10,12-13,15,23,25H,6,11H2,1-2H3/t23-,25-/m0/s1. The largest absolute Gasteiger partial charge is 0.493 e. The van der Waals surface area contributed by atoms with E-state index in [1.54, 1.807) is 14.2 Å². The molecule has 0 bridgehead atoms. The molecule has 0 aliphatic carbocycles. The number of benzene rings is 3. The van der Waals surface area contributed by atoms with Gasteiger partial charge in [0.05, 0.1) is 25.5 Å². The Morgan fingerprint density at radius 2 is 1.70 bits per heavy atom. The lowest BCUT2D eigenvalue weighted by atomic mass is 9.90. The highest BCUT2D eigenvalue weighted by Gasteiger charge is 2.32. The highest BCUT2D eigenvalue weighted by molar-refractivity contribution is 8.00. The third kappa shape index (κ3) is 3.76. The number of halogens is 1. The van der Waals surface area contributed by atoms with Gasteiger partial charge in [0.1, 0.15) is 0 Å². The van der Waals surface area contributed by atoms with Crippen molar-refractivity contribution < 1.29 is 9.47 Å². The molecule has 1 aliphatic rings. The van der Waals surface area contributed by atoms with Gasteiger partial charge in [-0.3, -0.25) is 0 Å². The summed E-state index contributed by atoms with van der Waals surface area (Å²) in [4.78, 5) is 0. The smallest absolute Gasteiger partial charge is 0.165 e. The van der Waals surface area contributed by atoms with Crippen LogP contribution in [0.25, 0.3) is 11.1 Å². The fourth-order valence-corrected chi connectivity index (χ4v) is 5.90. The molecule has 3 aromatic rings. The van der Waals surface area contributed by atoms with Gasteiger partial charge in [0.15, 0.2) is 11.5 Å². The van der Waals surface area contributed by atoms with E-state index in [0.717, 1.165) is 28.9 Å². The van der Waals surface area contributed by atoms with Crippen molar-refractivity contribution in [1.29, 1.82) is 5.26 Å². The zero-order valence-electron chi connectivity index (χ0n) is 16.9. The zero-order valence-corrected chi connectivity index (χ0v) is 18.5. The van der Waals surface area contributed by atoms with Gasteiger partial charge in [-0.15, -0.1) is 11.8 Å². The first-order valence-electron chi connectivity index (χ1n) is 9.80. The van der Waals surface area contributed by atoms with E-state index in [4.69, 9.17) is 21.1 Å². The van der Waals surface area contributed by atoms with E-state index in [-0.39, 0.29) is 10.5 Å². The molecular formula is C25H22ClNO2S. The third-order valence-corrected chi connectivity index (χ3v) is 7.26. The number of fused-ring (bicyclic) bond motifs is 3. The summed E-state index contributed by atoms with van der Waals surface area (Å²) in [6.07, 6.45) is 1.29. The van der Waals surface area contributed by atoms with Crippen LogP contribution in [0.4, 0.5) is 0 Å². The number of nitriles is 1. The van der Waals surface area contributed by atoms with Crippen LogP contribution in [0, 0.1) is 11.3 Å². The number of methoxy groups -OCH3 is 2. The van der Waals surface area contributed by atoms with Crippen molar-refractivity contribution in [2.75, 3.05) is 14.2 Å².